The molecule has 0 saturated heterocycles. The van der Waals surface area contributed by atoms with E-state index in [1.807, 2.05) is 6.92 Å². The van der Waals surface area contributed by atoms with Gasteiger partial charge in [-0.1, -0.05) is 6.92 Å². The van der Waals surface area contributed by atoms with Crippen LogP contribution in [0.4, 0.5) is 0 Å². The fraction of sp³-hybridized carbons (Fsp3) is 0.429. The molecule has 0 radical (unpaired) electrons. The summed E-state index contributed by atoms with van der Waals surface area (Å²) >= 11 is 0. The van der Waals surface area contributed by atoms with Crippen LogP contribution in [0.25, 0.3) is 11.0 Å². The van der Waals surface area contributed by atoms with Crippen molar-refractivity contribution in [2.75, 3.05) is 19.8 Å². The summed E-state index contributed by atoms with van der Waals surface area (Å²) in [6.45, 7) is 0.383. The van der Waals surface area contributed by atoms with E-state index in [0.717, 1.165) is 0 Å². The third kappa shape index (κ3) is 2.39. The SMILES string of the molecule is CCc1nc2ccc(C(=O)O)cc2n1C(CO)(CO)CO. The normalized spacial score (nSPS) is 12.0. The van der Waals surface area contributed by atoms with E-state index < -0.39 is 31.3 Å². The lowest BCUT2D eigenvalue weighted by Gasteiger charge is -2.31. The number of aliphatic hydroxyl groups is 3. The number of fused-ring (bicyclic) bond motifs is 1. The molecule has 0 aliphatic heterocycles. The van der Waals surface area contributed by atoms with E-state index >= 15 is 0 Å². The molecular weight excluding hydrogens is 276 g/mol. The first kappa shape index (κ1) is 15.4. The molecule has 0 amide bonds. The number of imidazole rings is 1. The number of aryl methyl sites for hydroxylation is 1. The first-order valence-electron chi connectivity index (χ1n) is 6.60. The molecule has 1 heterocycles. The molecule has 7 heteroatoms. The lowest BCUT2D eigenvalue weighted by molar-refractivity contribution is 0.0162. The van der Waals surface area contributed by atoms with Crippen LogP contribution in [-0.4, -0.2) is 55.8 Å². The Morgan fingerprint density at radius 1 is 1.24 bits per heavy atom. The largest absolute Gasteiger partial charge is 0.478 e. The zero-order chi connectivity index (χ0) is 15.6. The van der Waals surface area contributed by atoms with E-state index in [4.69, 9.17) is 5.11 Å². The maximum absolute atomic E-state index is 11.1. The lowest BCUT2D eigenvalue weighted by Crippen LogP contribution is -2.45. The summed E-state index contributed by atoms with van der Waals surface area (Å²) in [5.41, 5.74) is -0.230. The summed E-state index contributed by atoms with van der Waals surface area (Å²) in [5.74, 6) is -0.519. The van der Waals surface area contributed by atoms with Gasteiger partial charge in [0, 0.05) is 6.42 Å². The fourth-order valence-corrected chi connectivity index (χ4v) is 2.39. The number of carbonyl (C=O) groups is 1. The van der Waals surface area contributed by atoms with Crippen molar-refractivity contribution in [3.05, 3.63) is 29.6 Å². The lowest BCUT2D eigenvalue weighted by atomic mass is 10.0. The molecule has 1 aromatic heterocycles. The van der Waals surface area contributed by atoms with Crippen molar-refractivity contribution in [1.82, 2.24) is 9.55 Å². The molecule has 0 atom stereocenters. The molecule has 7 nitrogen and oxygen atoms in total. The summed E-state index contributed by atoms with van der Waals surface area (Å²) in [6, 6.07) is 4.45. The van der Waals surface area contributed by atoms with Gasteiger partial charge in [-0.3, -0.25) is 0 Å². The maximum Gasteiger partial charge on any atom is 0.335 e. The molecule has 0 spiro atoms. The van der Waals surface area contributed by atoms with Crippen LogP contribution >= 0.6 is 0 Å². The molecule has 21 heavy (non-hydrogen) atoms. The van der Waals surface area contributed by atoms with Gasteiger partial charge in [0.2, 0.25) is 0 Å². The minimum Gasteiger partial charge on any atom is -0.478 e. The number of aromatic carboxylic acids is 1. The molecule has 0 fully saturated rings. The second kappa shape index (κ2) is 5.80. The highest BCUT2D eigenvalue weighted by molar-refractivity contribution is 5.92. The quantitative estimate of drug-likeness (QED) is 0.594. The average molecular weight is 294 g/mol. The number of rotatable bonds is 6. The van der Waals surface area contributed by atoms with Gasteiger partial charge in [-0.15, -0.1) is 0 Å². The summed E-state index contributed by atoms with van der Waals surface area (Å²) < 4.78 is 1.54. The molecule has 0 bridgehead atoms. The molecule has 2 rings (SSSR count). The molecule has 1 aromatic carbocycles. The minimum absolute atomic E-state index is 0.0778. The van der Waals surface area contributed by atoms with Crippen molar-refractivity contribution in [2.24, 2.45) is 0 Å². The first-order chi connectivity index (χ1) is 10.0. The highest BCUT2D eigenvalue weighted by Gasteiger charge is 2.34. The monoisotopic (exact) mass is 294 g/mol. The third-order valence-electron chi connectivity index (χ3n) is 3.64. The molecule has 4 N–H and O–H groups in total. The maximum atomic E-state index is 11.1. The topological polar surface area (TPSA) is 116 Å². The zero-order valence-electron chi connectivity index (χ0n) is 11.7. The molecule has 0 saturated carbocycles. The van der Waals surface area contributed by atoms with Crippen molar-refractivity contribution in [2.45, 2.75) is 18.9 Å². The van der Waals surface area contributed by atoms with Gasteiger partial charge in [0.05, 0.1) is 36.4 Å². The fourth-order valence-electron chi connectivity index (χ4n) is 2.39. The van der Waals surface area contributed by atoms with E-state index in [9.17, 15) is 20.1 Å². The Balaban J connectivity index is 2.80. The van der Waals surface area contributed by atoms with Gasteiger partial charge in [-0.2, -0.15) is 0 Å². The van der Waals surface area contributed by atoms with Crippen LogP contribution in [0, 0.1) is 0 Å². The molecule has 114 valence electrons. The van der Waals surface area contributed by atoms with Crippen LogP contribution in [0.2, 0.25) is 0 Å². The van der Waals surface area contributed by atoms with Gasteiger partial charge >= 0.3 is 5.97 Å². The molecule has 0 aliphatic carbocycles. The Morgan fingerprint density at radius 3 is 2.33 bits per heavy atom. The van der Waals surface area contributed by atoms with Crippen LogP contribution in [0.1, 0.15) is 23.1 Å². The van der Waals surface area contributed by atoms with E-state index in [0.29, 0.717) is 23.3 Å². The Labute approximate surface area is 121 Å². The van der Waals surface area contributed by atoms with Crippen LogP contribution in [-0.2, 0) is 12.0 Å². The number of hydrogen-bond donors (Lipinski definition) is 4. The van der Waals surface area contributed by atoms with Crippen LogP contribution < -0.4 is 0 Å². The summed E-state index contributed by atoms with van der Waals surface area (Å²) in [7, 11) is 0. The van der Waals surface area contributed by atoms with Gasteiger partial charge in [-0.05, 0) is 18.2 Å². The minimum atomic E-state index is -1.32. The number of benzene rings is 1. The van der Waals surface area contributed by atoms with E-state index in [1.54, 1.807) is 6.07 Å². The van der Waals surface area contributed by atoms with E-state index in [-0.39, 0.29) is 5.56 Å². The Hall–Kier alpha value is -1.96. The predicted octanol–water partition coefficient (Wildman–Crippen LogP) is -0.0309. The van der Waals surface area contributed by atoms with Crippen molar-refractivity contribution in [1.29, 1.82) is 0 Å². The standard InChI is InChI=1S/C14H18N2O5/c1-2-12-15-10-4-3-9(13(20)21)5-11(10)16(12)14(6-17,7-18)8-19/h3-5,17-19H,2,6-8H2,1H3,(H,20,21). The highest BCUT2D eigenvalue weighted by Crippen LogP contribution is 2.27. The summed E-state index contributed by atoms with van der Waals surface area (Å²) in [5, 5.41) is 38.0. The average Bonchev–Trinajstić information content (AvgIpc) is 2.88. The predicted molar refractivity (Wildman–Crippen MR) is 75.3 cm³/mol. The van der Waals surface area contributed by atoms with Crippen molar-refractivity contribution in [3.8, 4) is 0 Å². The second-order valence-electron chi connectivity index (χ2n) is 4.92. The number of hydrogen-bond acceptors (Lipinski definition) is 5. The number of aliphatic hydroxyl groups excluding tert-OH is 3. The van der Waals surface area contributed by atoms with Crippen LogP contribution in [0.3, 0.4) is 0 Å². The van der Waals surface area contributed by atoms with Gasteiger partial charge in [0.1, 0.15) is 11.4 Å². The van der Waals surface area contributed by atoms with Gasteiger partial charge in [0.15, 0.2) is 0 Å². The van der Waals surface area contributed by atoms with Crippen LogP contribution in [0.5, 0.6) is 0 Å². The Kier molecular flexibility index (Phi) is 4.26. The smallest absolute Gasteiger partial charge is 0.335 e. The van der Waals surface area contributed by atoms with E-state index in [2.05, 4.69) is 4.98 Å². The summed E-state index contributed by atoms with van der Waals surface area (Å²) in [6.07, 6.45) is 0.513. The Bertz CT molecular complexity index is 652. The first-order valence-corrected chi connectivity index (χ1v) is 6.60. The van der Waals surface area contributed by atoms with Crippen molar-refractivity contribution < 1.29 is 25.2 Å². The molecule has 2 aromatic rings. The third-order valence-corrected chi connectivity index (χ3v) is 3.64. The van der Waals surface area contributed by atoms with Crippen molar-refractivity contribution in [3.63, 3.8) is 0 Å². The molecular formula is C14H18N2O5. The van der Waals surface area contributed by atoms with Gasteiger partial charge < -0.3 is 25.0 Å². The van der Waals surface area contributed by atoms with Gasteiger partial charge in [-0.25, -0.2) is 9.78 Å². The number of aromatic nitrogens is 2. The number of nitrogens with zero attached hydrogens (tertiary/aromatic N) is 2. The van der Waals surface area contributed by atoms with Gasteiger partial charge in [0.25, 0.3) is 0 Å². The number of carboxylic acids is 1. The van der Waals surface area contributed by atoms with Crippen molar-refractivity contribution >= 4 is 17.0 Å². The number of carboxylic acid groups (broad SMARTS) is 1. The zero-order valence-corrected chi connectivity index (χ0v) is 11.7. The summed E-state index contributed by atoms with van der Waals surface area (Å²) in [4.78, 5) is 15.5. The molecule has 0 aliphatic rings. The highest BCUT2D eigenvalue weighted by atomic mass is 16.4. The van der Waals surface area contributed by atoms with E-state index in [1.165, 1.54) is 16.7 Å². The second-order valence-corrected chi connectivity index (χ2v) is 4.92. The molecule has 0 unspecified atom stereocenters. The Morgan fingerprint density at radius 2 is 1.86 bits per heavy atom. The van der Waals surface area contributed by atoms with Crippen LogP contribution in [0.15, 0.2) is 18.2 Å².